The van der Waals surface area contributed by atoms with Gasteiger partial charge < -0.3 is 9.73 Å². The molecule has 6 nitrogen and oxygen atoms in total. The molecule has 0 bridgehead atoms. The van der Waals surface area contributed by atoms with Crippen molar-refractivity contribution in [1.82, 2.24) is 15.1 Å². The maximum Gasteiger partial charge on any atom is 0.437 e. The van der Waals surface area contributed by atoms with E-state index >= 15 is 0 Å². The summed E-state index contributed by atoms with van der Waals surface area (Å²) in [5.41, 5.74) is 3.80. The monoisotopic (exact) mass is 467 g/mol. The second-order valence-corrected chi connectivity index (χ2v) is 9.16. The highest BCUT2D eigenvalue weighted by Gasteiger charge is 2.31. The molecule has 0 saturated heterocycles. The van der Waals surface area contributed by atoms with Gasteiger partial charge in [-0.25, -0.2) is 4.79 Å². The van der Waals surface area contributed by atoms with Crippen LogP contribution >= 0.6 is 0 Å². The topological polar surface area (TPSA) is 77.1 Å². The fraction of sp³-hybridized carbons (Fsp3) is 0.276. The minimum Gasteiger partial charge on any atom is -0.388 e. The lowest BCUT2D eigenvalue weighted by Gasteiger charge is -2.23. The smallest absolute Gasteiger partial charge is 0.388 e. The van der Waals surface area contributed by atoms with Crippen LogP contribution in [0.5, 0.6) is 0 Å². The Kier molecular flexibility index (Phi) is 6.89. The van der Waals surface area contributed by atoms with Gasteiger partial charge in [0.1, 0.15) is 0 Å². The minimum absolute atomic E-state index is 0.0775. The zero-order chi connectivity index (χ0) is 24.0. The van der Waals surface area contributed by atoms with Crippen molar-refractivity contribution in [3.05, 3.63) is 112 Å². The van der Waals surface area contributed by atoms with E-state index in [1.54, 1.807) is 0 Å². The Morgan fingerprint density at radius 2 is 1.57 bits per heavy atom. The van der Waals surface area contributed by atoms with Gasteiger partial charge in [-0.2, -0.15) is 4.68 Å². The highest BCUT2D eigenvalue weighted by atomic mass is 16.4. The molecular weight excluding hydrogens is 438 g/mol. The summed E-state index contributed by atoms with van der Waals surface area (Å²) in [5, 5.41) is 7.50. The molecule has 1 N–H and O–H groups in total. The molecule has 1 aromatic heterocycles. The van der Waals surface area contributed by atoms with E-state index in [1.807, 2.05) is 84.9 Å². The van der Waals surface area contributed by atoms with Crippen LogP contribution in [0.15, 0.2) is 94.1 Å². The number of nitrogens with one attached hydrogen (secondary N) is 1. The number of nitrogens with zero attached hydrogens (tertiary/aromatic N) is 2. The average molecular weight is 468 g/mol. The van der Waals surface area contributed by atoms with Crippen molar-refractivity contribution in [2.75, 3.05) is 0 Å². The first-order valence-corrected chi connectivity index (χ1v) is 12.2. The summed E-state index contributed by atoms with van der Waals surface area (Å²) in [6.45, 7) is 0.837. The number of carbonyl (C=O) groups excluding carboxylic acids is 1. The number of hydrogen-bond acceptors (Lipinski definition) is 4. The molecule has 4 aromatic rings. The van der Waals surface area contributed by atoms with Gasteiger partial charge in [0.25, 0.3) is 0 Å². The van der Waals surface area contributed by atoms with Gasteiger partial charge in [-0.1, -0.05) is 85.6 Å². The molecule has 35 heavy (non-hydrogen) atoms. The number of carbonyl (C=O) groups is 1. The quantitative estimate of drug-likeness (QED) is 0.389. The molecule has 1 amide bonds. The molecule has 1 unspecified atom stereocenters. The molecule has 1 heterocycles. The first-order valence-electron chi connectivity index (χ1n) is 12.2. The molecule has 1 fully saturated rings. The maximum atomic E-state index is 13.3. The zero-order valence-electron chi connectivity index (χ0n) is 19.6. The number of aromatic nitrogens is 2. The van der Waals surface area contributed by atoms with Crippen molar-refractivity contribution in [2.24, 2.45) is 5.92 Å². The van der Waals surface area contributed by atoms with E-state index in [0.717, 1.165) is 35.1 Å². The molecule has 6 heteroatoms. The van der Waals surface area contributed by atoms with Gasteiger partial charge in [-0.05, 0) is 47.6 Å². The second kappa shape index (κ2) is 10.6. The summed E-state index contributed by atoms with van der Waals surface area (Å²) in [7, 11) is 0. The lowest BCUT2D eigenvalue weighted by Crippen LogP contribution is -2.32. The Balaban J connectivity index is 1.31. The molecule has 1 saturated carbocycles. The number of hydrogen-bond donors (Lipinski definition) is 1. The van der Waals surface area contributed by atoms with Crippen molar-refractivity contribution in [1.29, 1.82) is 0 Å². The van der Waals surface area contributed by atoms with Gasteiger partial charge in [0, 0.05) is 12.1 Å². The minimum atomic E-state index is -0.489. The van der Waals surface area contributed by atoms with Gasteiger partial charge in [0.2, 0.25) is 11.8 Å². The zero-order valence-corrected chi connectivity index (χ0v) is 19.6. The third kappa shape index (κ3) is 5.43. The highest BCUT2D eigenvalue weighted by molar-refractivity contribution is 5.84. The Morgan fingerprint density at radius 1 is 0.914 bits per heavy atom. The number of rotatable bonds is 8. The SMILES string of the molecule is O=C(NCc1ccccc1)C(c1ccc(Cn2nc(-c3ccccc3)oc2=O)cc1)C1CCCC1. The molecule has 0 aliphatic heterocycles. The standard InChI is InChI=1S/C29H29N3O3/c33-27(30-19-21-9-3-1-4-10-21)26(23-11-7-8-12-23)24-17-15-22(16-18-24)20-32-29(34)35-28(31-32)25-13-5-2-6-14-25/h1-6,9-10,13-18,23,26H,7-8,11-12,19-20H2,(H,30,33). The van der Waals surface area contributed by atoms with Crippen molar-refractivity contribution >= 4 is 5.91 Å². The highest BCUT2D eigenvalue weighted by Crippen LogP contribution is 2.37. The van der Waals surface area contributed by atoms with E-state index in [0.29, 0.717) is 24.9 Å². The van der Waals surface area contributed by atoms with Crippen molar-refractivity contribution in [3.63, 3.8) is 0 Å². The Hall–Kier alpha value is -3.93. The van der Waals surface area contributed by atoms with E-state index in [1.165, 1.54) is 17.5 Å². The van der Waals surface area contributed by atoms with E-state index in [4.69, 9.17) is 4.42 Å². The van der Waals surface area contributed by atoms with Crippen molar-refractivity contribution < 1.29 is 9.21 Å². The van der Waals surface area contributed by atoms with Gasteiger partial charge >= 0.3 is 5.76 Å². The predicted octanol–water partition coefficient (Wildman–Crippen LogP) is 5.14. The van der Waals surface area contributed by atoms with Crippen LogP contribution in [0.25, 0.3) is 11.5 Å². The second-order valence-electron chi connectivity index (χ2n) is 9.16. The van der Waals surface area contributed by atoms with Crippen molar-refractivity contribution in [2.45, 2.75) is 44.7 Å². The molecule has 3 aromatic carbocycles. The largest absolute Gasteiger partial charge is 0.437 e. The van der Waals surface area contributed by atoms with Gasteiger partial charge in [-0.3, -0.25) is 4.79 Å². The number of benzene rings is 3. The lowest BCUT2D eigenvalue weighted by atomic mass is 9.83. The molecule has 5 rings (SSSR count). The Bertz CT molecular complexity index is 1300. The van der Waals surface area contributed by atoms with Crippen LogP contribution in [0.1, 0.15) is 48.3 Å². The Labute approximate surface area is 204 Å². The normalized spacial score (nSPS) is 14.6. The van der Waals surface area contributed by atoms with Gasteiger partial charge in [0.15, 0.2) is 0 Å². The third-order valence-electron chi connectivity index (χ3n) is 6.76. The molecular formula is C29H29N3O3. The van der Waals surface area contributed by atoms with Crippen LogP contribution in [-0.2, 0) is 17.9 Å². The fourth-order valence-electron chi connectivity index (χ4n) is 4.93. The summed E-state index contributed by atoms with van der Waals surface area (Å²) in [5.74, 6) is 0.0762. The van der Waals surface area contributed by atoms with Crippen LogP contribution in [0, 0.1) is 5.92 Å². The van der Waals surface area contributed by atoms with Crippen LogP contribution in [-0.4, -0.2) is 15.7 Å². The first kappa shape index (κ1) is 22.8. The van der Waals surface area contributed by atoms with Crippen molar-refractivity contribution in [3.8, 4) is 11.5 Å². The average Bonchev–Trinajstić information content (AvgIpc) is 3.55. The molecule has 1 aliphatic carbocycles. The van der Waals surface area contributed by atoms with Crippen LogP contribution < -0.4 is 11.1 Å². The summed E-state index contributed by atoms with van der Waals surface area (Å²) in [6, 6.07) is 27.4. The fourth-order valence-corrected chi connectivity index (χ4v) is 4.93. The molecule has 0 spiro atoms. The summed E-state index contributed by atoms with van der Waals surface area (Å²) in [6.07, 6.45) is 4.48. The third-order valence-corrected chi connectivity index (χ3v) is 6.76. The summed E-state index contributed by atoms with van der Waals surface area (Å²) < 4.78 is 6.67. The summed E-state index contributed by atoms with van der Waals surface area (Å²) >= 11 is 0. The molecule has 0 radical (unpaired) electrons. The molecule has 1 aliphatic rings. The maximum absolute atomic E-state index is 13.3. The van der Waals surface area contributed by atoms with Crippen LogP contribution in [0.3, 0.4) is 0 Å². The first-order chi connectivity index (χ1) is 17.2. The van der Waals surface area contributed by atoms with E-state index in [9.17, 15) is 9.59 Å². The number of amides is 1. The van der Waals surface area contributed by atoms with Crippen LogP contribution in [0.2, 0.25) is 0 Å². The molecule has 178 valence electrons. The van der Waals surface area contributed by atoms with E-state index in [2.05, 4.69) is 10.4 Å². The van der Waals surface area contributed by atoms with Gasteiger partial charge in [-0.15, -0.1) is 5.10 Å². The Morgan fingerprint density at radius 3 is 2.26 bits per heavy atom. The molecule has 1 atom stereocenters. The summed E-state index contributed by atoms with van der Waals surface area (Å²) in [4.78, 5) is 25.6. The van der Waals surface area contributed by atoms with E-state index < -0.39 is 5.76 Å². The predicted molar refractivity (Wildman–Crippen MR) is 135 cm³/mol. The van der Waals surface area contributed by atoms with Gasteiger partial charge in [0.05, 0.1) is 12.5 Å². The van der Waals surface area contributed by atoms with Crippen LogP contribution in [0.4, 0.5) is 0 Å². The lowest BCUT2D eigenvalue weighted by molar-refractivity contribution is -0.123. The van der Waals surface area contributed by atoms with E-state index in [-0.39, 0.29) is 11.8 Å².